The highest BCUT2D eigenvalue weighted by Gasteiger charge is 2.32. The van der Waals surface area contributed by atoms with E-state index in [-0.39, 0.29) is 11.9 Å². The summed E-state index contributed by atoms with van der Waals surface area (Å²) in [5.74, 6) is 2.48. The molecular formula is C24H29NO5. The lowest BCUT2D eigenvalue weighted by molar-refractivity contribution is 0.0735. The second kappa shape index (κ2) is 9.57. The summed E-state index contributed by atoms with van der Waals surface area (Å²) < 4.78 is 21.8. The molecule has 1 amide bonds. The fraction of sp³-hybridized carbons (Fsp3) is 0.375. The highest BCUT2D eigenvalue weighted by molar-refractivity contribution is 5.95. The topological polar surface area (TPSA) is 57.2 Å². The van der Waals surface area contributed by atoms with Crippen LogP contribution in [0.15, 0.2) is 43.0 Å². The summed E-state index contributed by atoms with van der Waals surface area (Å²) in [6.45, 7) is 4.50. The molecule has 0 saturated carbocycles. The maximum Gasteiger partial charge on any atom is 0.254 e. The maximum absolute atomic E-state index is 13.5. The number of nitrogens with zero attached hydrogens (tertiary/aromatic N) is 1. The third-order valence-electron chi connectivity index (χ3n) is 5.47. The van der Waals surface area contributed by atoms with Crippen molar-refractivity contribution in [3.8, 4) is 23.0 Å². The minimum absolute atomic E-state index is 0.0201. The summed E-state index contributed by atoms with van der Waals surface area (Å²) in [7, 11) is 6.40. The molecule has 1 aliphatic heterocycles. The summed E-state index contributed by atoms with van der Waals surface area (Å²) in [6, 6.07) is 9.43. The van der Waals surface area contributed by atoms with Gasteiger partial charge in [-0.3, -0.25) is 4.79 Å². The Labute approximate surface area is 178 Å². The Hall–Kier alpha value is -3.15. The summed E-state index contributed by atoms with van der Waals surface area (Å²) in [5, 5.41) is 0. The van der Waals surface area contributed by atoms with Crippen molar-refractivity contribution in [1.29, 1.82) is 0 Å². The third-order valence-corrected chi connectivity index (χ3v) is 5.47. The van der Waals surface area contributed by atoms with Crippen LogP contribution in [0.5, 0.6) is 23.0 Å². The average molecular weight is 411 g/mol. The van der Waals surface area contributed by atoms with E-state index in [9.17, 15) is 4.79 Å². The van der Waals surface area contributed by atoms with E-state index in [4.69, 9.17) is 18.9 Å². The lowest BCUT2D eigenvalue weighted by Gasteiger charge is -2.26. The Morgan fingerprint density at radius 2 is 1.77 bits per heavy atom. The molecule has 160 valence electrons. The number of carbonyl (C=O) groups is 1. The number of ether oxygens (including phenoxy) is 4. The number of amides is 1. The molecule has 0 radical (unpaired) electrons. The van der Waals surface area contributed by atoms with Gasteiger partial charge < -0.3 is 23.8 Å². The Bertz CT molecular complexity index is 924. The van der Waals surface area contributed by atoms with Crippen LogP contribution in [0.1, 0.15) is 40.4 Å². The first kappa shape index (κ1) is 21.6. The minimum atomic E-state index is -0.0291. The van der Waals surface area contributed by atoms with Gasteiger partial charge in [0.15, 0.2) is 23.0 Å². The van der Waals surface area contributed by atoms with Gasteiger partial charge in [-0.1, -0.05) is 12.1 Å². The lowest BCUT2D eigenvalue weighted by atomic mass is 10.0. The number of benzene rings is 2. The first-order valence-electron chi connectivity index (χ1n) is 9.96. The Kier molecular flexibility index (Phi) is 6.87. The van der Waals surface area contributed by atoms with E-state index in [0.717, 1.165) is 24.0 Å². The summed E-state index contributed by atoms with van der Waals surface area (Å²) >= 11 is 0. The molecule has 1 unspecified atom stereocenters. The molecule has 1 saturated heterocycles. The second-order valence-electron chi connectivity index (χ2n) is 7.13. The molecule has 1 heterocycles. The zero-order valence-corrected chi connectivity index (χ0v) is 18.1. The van der Waals surface area contributed by atoms with Gasteiger partial charge in [-0.2, -0.15) is 0 Å². The van der Waals surface area contributed by atoms with Crippen molar-refractivity contribution in [2.24, 2.45) is 0 Å². The van der Waals surface area contributed by atoms with E-state index < -0.39 is 0 Å². The monoisotopic (exact) mass is 411 g/mol. The fourth-order valence-corrected chi connectivity index (χ4v) is 4.06. The molecule has 0 N–H and O–H groups in total. The predicted molar refractivity (Wildman–Crippen MR) is 116 cm³/mol. The van der Waals surface area contributed by atoms with Gasteiger partial charge in [-0.15, -0.1) is 6.58 Å². The molecule has 0 aliphatic carbocycles. The van der Waals surface area contributed by atoms with Crippen molar-refractivity contribution >= 4 is 5.91 Å². The van der Waals surface area contributed by atoms with Crippen LogP contribution in [0.4, 0.5) is 0 Å². The highest BCUT2D eigenvalue weighted by atomic mass is 16.5. The first-order valence-corrected chi connectivity index (χ1v) is 9.96. The summed E-state index contributed by atoms with van der Waals surface area (Å²) in [4.78, 5) is 15.4. The molecule has 2 aromatic rings. The number of carbonyl (C=O) groups excluding carboxylic acids is 1. The molecule has 0 bridgehead atoms. The Morgan fingerprint density at radius 1 is 1.03 bits per heavy atom. The van der Waals surface area contributed by atoms with E-state index in [0.29, 0.717) is 41.5 Å². The normalized spacial score (nSPS) is 15.6. The van der Waals surface area contributed by atoms with Crippen molar-refractivity contribution in [3.05, 3.63) is 59.7 Å². The number of rotatable bonds is 8. The molecule has 30 heavy (non-hydrogen) atoms. The van der Waals surface area contributed by atoms with E-state index >= 15 is 0 Å². The molecule has 0 spiro atoms. The zero-order chi connectivity index (χ0) is 21.7. The SMILES string of the molecule is C=CCc1cc(C(=O)N2CCCC2c2ccc(OC)c(OC)c2)cc(OC)c1OC. The van der Waals surface area contributed by atoms with Crippen LogP contribution >= 0.6 is 0 Å². The molecule has 1 atom stereocenters. The largest absolute Gasteiger partial charge is 0.493 e. The van der Waals surface area contributed by atoms with E-state index in [2.05, 4.69) is 6.58 Å². The molecule has 1 aliphatic rings. The fourth-order valence-electron chi connectivity index (χ4n) is 4.06. The van der Waals surface area contributed by atoms with Crippen LogP contribution in [-0.2, 0) is 6.42 Å². The molecular weight excluding hydrogens is 382 g/mol. The van der Waals surface area contributed by atoms with Gasteiger partial charge in [0.25, 0.3) is 5.91 Å². The predicted octanol–water partition coefficient (Wildman–Crippen LogP) is 4.43. The van der Waals surface area contributed by atoms with Gasteiger partial charge in [-0.05, 0) is 49.1 Å². The van der Waals surface area contributed by atoms with Crippen LogP contribution in [0.2, 0.25) is 0 Å². The Balaban J connectivity index is 1.96. The van der Waals surface area contributed by atoms with Crippen LogP contribution in [0, 0.1) is 0 Å². The summed E-state index contributed by atoms with van der Waals surface area (Å²) in [5.41, 5.74) is 2.49. The van der Waals surface area contributed by atoms with Crippen molar-refractivity contribution in [2.75, 3.05) is 35.0 Å². The van der Waals surface area contributed by atoms with Crippen molar-refractivity contribution in [2.45, 2.75) is 25.3 Å². The molecule has 0 aromatic heterocycles. The molecule has 6 heteroatoms. The number of allylic oxidation sites excluding steroid dienone is 1. The number of hydrogen-bond donors (Lipinski definition) is 0. The molecule has 6 nitrogen and oxygen atoms in total. The smallest absolute Gasteiger partial charge is 0.254 e. The van der Waals surface area contributed by atoms with Crippen molar-refractivity contribution in [3.63, 3.8) is 0 Å². The average Bonchev–Trinajstić information content (AvgIpc) is 3.27. The lowest BCUT2D eigenvalue weighted by Crippen LogP contribution is -2.30. The molecule has 3 rings (SSSR count). The maximum atomic E-state index is 13.5. The van der Waals surface area contributed by atoms with Gasteiger partial charge in [-0.25, -0.2) is 0 Å². The van der Waals surface area contributed by atoms with Crippen LogP contribution in [0.3, 0.4) is 0 Å². The van der Waals surface area contributed by atoms with Crippen molar-refractivity contribution < 1.29 is 23.7 Å². The first-order chi connectivity index (χ1) is 14.6. The van der Waals surface area contributed by atoms with Crippen LogP contribution in [0.25, 0.3) is 0 Å². The van der Waals surface area contributed by atoms with Gasteiger partial charge >= 0.3 is 0 Å². The third kappa shape index (κ3) is 4.08. The number of hydrogen-bond acceptors (Lipinski definition) is 5. The van der Waals surface area contributed by atoms with E-state index in [1.54, 1.807) is 40.6 Å². The van der Waals surface area contributed by atoms with Gasteiger partial charge in [0.2, 0.25) is 0 Å². The van der Waals surface area contributed by atoms with Crippen LogP contribution < -0.4 is 18.9 Å². The minimum Gasteiger partial charge on any atom is -0.493 e. The quantitative estimate of drug-likeness (QED) is 0.602. The van der Waals surface area contributed by atoms with Crippen molar-refractivity contribution in [1.82, 2.24) is 4.90 Å². The second-order valence-corrected chi connectivity index (χ2v) is 7.13. The summed E-state index contributed by atoms with van der Waals surface area (Å²) in [6.07, 6.45) is 4.21. The standard InChI is InChI=1S/C24H29NO5/c1-6-8-17-13-18(15-22(29-4)23(17)30-5)24(26)25-12-7-9-19(25)16-10-11-20(27-2)21(14-16)28-3/h6,10-11,13-15,19H,1,7-9,12H2,2-5H3. The zero-order valence-electron chi connectivity index (χ0n) is 18.1. The van der Waals surface area contributed by atoms with E-state index in [1.165, 1.54) is 0 Å². The number of likely N-dealkylation sites (tertiary alicyclic amines) is 1. The van der Waals surface area contributed by atoms with Crippen LogP contribution in [-0.4, -0.2) is 45.8 Å². The number of methoxy groups -OCH3 is 4. The van der Waals surface area contributed by atoms with Gasteiger partial charge in [0, 0.05) is 17.7 Å². The Morgan fingerprint density at radius 3 is 2.40 bits per heavy atom. The molecule has 1 fully saturated rings. The van der Waals surface area contributed by atoms with Gasteiger partial charge in [0.1, 0.15) is 0 Å². The molecule has 2 aromatic carbocycles. The van der Waals surface area contributed by atoms with Gasteiger partial charge in [0.05, 0.1) is 34.5 Å². The van der Waals surface area contributed by atoms with E-state index in [1.807, 2.05) is 29.2 Å². The highest BCUT2D eigenvalue weighted by Crippen LogP contribution is 2.39.